The molecule has 0 saturated carbocycles. The van der Waals surface area contributed by atoms with E-state index in [-0.39, 0.29) is 18.4 Å². The molecule has 0 fully saturated rings. The maximum absolute atomic E-state index is 12.2. The summed E-state index contributed by atoms with van der Waals surface area (Å²) >= 11 is 0. The van der Waals surface area contributed by atoms with Gasteiger partial charge < -0.3 is 15.4 Å². The van der Waals surface area contributed by atoms with Gasteiger partial charge in [0.2, 0.25) is 5.91 Å². The quantitative estimate of drug-likeness (QED) is 0.836. The molecule has 0 bridgehead atoms. The summed E-state index contributed by atoms with van der Waals surface area (Å²) in [7, 11) is 0. The maximum atomic E-state index is 12.2. The molecule has 5 nitrogen and oxygen atoms in total. The highest BCUT2D eigenvalue weighted by molar-refractivity contribution is 5.95. The van der Waals surface area contributed by atoms with Crippen LogP contribution >= 0.6 is 0 Å². The zero-order valence-electron chi connectivity index (χ0n) is 15.1. The summed E-state index contributed by atoms with van der Waals surface area (Å²) < 4.78 is 5.67. The van der Waals surface area contributed by atoms with Crippen molar-refractivity contribution < 1.29 is 14.3 Å². The summed E-state index contributed by atoms with van der Waals surface area (Å²) in [5.74, 6) is 0.419. The number of carbonyl (C=O) groups is 2. The molecule has 2 N–H and O–H groups in total. The van der Waals surface area contributed by atoms with Crippen molar-refractivity contribution in [2.45, 2.75) is 34.1 Å². The fourth-order valence-electron chi connectivity index (χ4n) is 2.43. The topological polar surface area (TPSA) is 67.4 Å². The Hall–Kier alpha value is -2.82. The van der Waals surface area contributed by atoms with Crippen molar-refractivity contribution >= 4 is 23.2 Å². The lowest BCUT2D eigenvalue weighted by Crippen LogP contribution is -2.21. The molecular weight excluding hydrogens is 316 g/mol. The third-order valence-electron chi connectivity index (χ3n) is 3.87. The third-order valence-corrected chi connectivity index (χ3v) is 3.87. The van der Waals surface area contributed by atoms with Crippen molar-refractivity contribution in [1.29, 1.82) is 0 Å². The minimum absolute atomic E-state index is 0.0699. The van der Waals surface area contributed by atoms with Gasteiger partial charge in [-0.2, -0.15) is 0 Å². The molecule has 0 aliphatic rings. The number of aryl methyl sites for hydroxylation is 3. The van der Waals surface area contributed by atoms with Gasteiger partial charge in [0.15, 0.2) is 6.61 Å². The lowest BCUT2D eigenvalue weighted by Gasteiger charge is -2.14. The average Bonchev–Trinajstić information content (AvgIpc) is 2.57. The van der Waals surface area contributed by atoms with Crippen molar-refractivity contribution in [2.24, 2.45) is 0 Å². The van der Waals surface area contributed by atoms with Gasteiger partial charge in [-0.25, -0.2) is 0 Å². The molecule has 25 heavy (non-hydrogen) atoms. The Kier molecular flexibility index (Phi) is 6.17. The molecule has 0 aliphatic carbocycles. The van der Waals surface area contributed by atoms with Crippen LogP contribution in [0, 0.1) is 20.8 Å². The van der Waals surface area contributed by atoms with Crippen LogP contribution in [0.2, 0.25) is 0 Å². The van der Waals surface area contributed by atoms with Crippen LogP contribution < -0.4 is 15.4 Å². The highest BCUT2D eigenvalue weighted by Gasteiger charge is 2.10. The highest BCUT2D eigenvalue weighted by Crippen LogP contribution is 2.23. The molecule has 0 atom stereocenters. The van der Waals surface area contributed by atoms with Crippen LogP contribution in [-0.4, -0.2) is 18.4 Å². The van der Waals surface area contributed by atoms with Crippen LogP contribution in [0.25, 0.3) is 0 Å². The molecule has 2 aromatic carbocycles. The molecule has 0 unspecified atom stereocenters. The fraction of sp³-hybridized carbons (Fsp3) is 0.300. The Morgan fingerprint density at radius 3 is 2.24 bits per heavy atom. The monoisotopic (exact) mass is 340 g/mol. The number of hydrogen-bond acceptors (Lipinski definition) is 3. The molecule has 0 heterocycles. The first kappa shape index (κ1) is 18.5. The zero-order valence-corrected chi connectivity index (χ0v) is 15.1. The van der Waals surface area contributed by atoms with Crippen molar-refractivity contribution in [2.75, 3.05) is 17.2 Å². The van der Waals surface area contributed by atoms with Crippen molar-refractivity contribution in [3.8, 4) is 5.75 Å². The molecular formula is C20H24N2O3. The number of ether oxygens (including phenoxy) is 1. The van der Waals surface area contributed by atoms with Crippen LogP contribution in [0.5, 0.6) is 5.75 Å². The average molecular weight is 340 g/mol. The van der Waals surface area contributed by atoms with Gasteiger partial charge >= 0.3 is 0 Å². The molecule has 0 aromatic heterocycles. The van der Waals surface area contributed by atoms with E-state index in [1.165, 1.54) is 0 Å². The van der Waals surface area contributed by atoms with E-state index in [9.17, 15) is 9.59 Å². The van der Waals surface area contributed by atoms with Gasteiger partial charge in [-0.3, -0.25) is 9.59 Å². The van der Waals surface area contributed by atoms with E-state index in [1.54, 1.807) is 13.0 Å². The van der Waals surface area contributed by atoms with Gasteiger partial charge in [0.1, 0.15) is 5.75 Å². The Labute approximate surface area is 148 Å². The second kappa shape index (κ2) is 8.33. The van der Waals surface area contributed by atoms with Gasteiger partial charge in [0.25, 0.3) is 5.91 Å². The molecule has 5 heteroatoms. The number of para-hydroxylation sites is 1. The van der Waals surface area contributed by atoms with E-state index in [4.69, 9.17) is 4.74 Å². The van der Waals surface area contributed by atoms with Gasteiger partial charge in [0, 0.05) is 17.8 Å². The number of carbonyl (C=O) groups excluding carboxylic acids is 2. The SMILES string of the molecule is CCC(=O)Nc1ccc(C)c(NC(=O)COc2c(C)cccc2C)c1. The molecule has 2 amide bonds. The van der Waals surface area contributed by atoms with E-state index >= 15 is 0 Å². The summed E-state index contributed by atoms with van der Waals surface area (Å²) in [6.07, 6.45) is 0.402. The van der Waals surface area contributed by atoms with E-state index in [1.807, 2.05) is 51.1 Å². The van der Waals surface area contributed by atoms with E-state index < -0.39 is 0 Å². The van der Waals surface area contributed by atoms with E-state index in [0.717, 1.165) is 22.4 Å². The van der Waals surface area contributed by atoms with Gasteiger partial charge in [-0.15, -0.1) is 0 Å². The Morgan fingerprint density at radius 1 is 0.920 bits per heavy atom. The maximum Gasteiger partial charge on any atom is 0.262 e. The Balaban J connectivity index is 2.02. The first-order chi connectivity index (χ1) is 11.9. The highest BCUT2D eigenvalue weighted by atomic mass is 16.5. The molecule has 132 valence electrons. The Morgan fingerprint density at radius 2 is 1.60 bits per heavy atom. The van der Waals surface area contributed by atoms with Crippen LogP contribution in [-0.2, 0) is 9.59 Å². The second-order valence-electron chi connectivity index (χ2n) is 5.99. The molecule has 0 saturated heterocycles. The number of rotatable bonds is 6. The lowest BCUT2D eigenvalue weighted by atomic mass is 10.1. The number of hydrogen-bond donors (Lipinski definition) is 2. The van der Waals surface area contributed by atoms with Crippen LogP contribution in [0.3, 0.4) is 0 Å². The first-order valence-corrected chi connectivity index (χ1v) is 8.30. The summed E-state index contributed by atoms with van der Waals surface area (Å²) in [5, 5.41) is 5.62. The summed E-state index contributed by atoms with van der Waals surface area (Å²) in [6.45, 7) is 7.51. The minimum Gasteiger partial charge on any atom is -0.483 e. The van der Waals surface area contributed by atoms with E-state index in [2.05, 4.69) is 10.6 Å². The van der Waals surface area contributed by atoms with Crippen molar-refractivity contribution in [3.63, 3.8) is 0 Å². The molecule has 0 radical (unpaired) electrons. The molecule has 0 spiro atoms. The molecule has 2 rings (SSSR count). The molecule has 0 aliphatic heterocycles. The van der Waals surface area contributed by atoms with Gasteiger partial charge in [-0.05, 0) is 49.6 Å². The number of benzene rings is 2. The largest absolute Gasteiger partial charge is 0.483 e. The van der Waals surface area contributed by atoms with E-state index in [0.29, 0.717) is 17.8 Å². The van der Waals surface area contributed by atoms with Crippen LogP contribution in [0.1, 0.15) is 30.0 Å². The van der Waals surface area contributed by atoms with Crippen molar-refractivity contribution in [3.05, 3.63) is 53.1 Å². The number of amides is 2. The fourth-order valence-corrected chi connectivity index (χ4v) is 2.43. The summed E-state index contributed by atoms with van der Waals surface area (Å²) in [6, 6.07) is 11.3. The van der Waals surface area contributed by atoms with Crippen LogP contribution in [0.15, 0.2) is 36.4 Å². The predicted octanol–water partition coefficient (Wildman–Crippen LogP) is 3.98. The summed E-state index contributed by atoms with van der Waals surface area (Å²) in [5.41, 5.74) is 4.21. The summed E-state index contributed by atoms with van der Waals surface area (Å²) in [4.78, 5) is 23.7. The van der Waals surface area contributed by atoms with Crippen molar-refractivity contribution in [1.82, 2.24) is 0 Å². The predicted molar refractivity (Wildman–Crippen MR) is 100 cm³/mol. The smallest absolute Gasteiger partial charge is 0.262 e. The normalized spacial score (nSPS) is 10.2. The van der Waals surface area contributed by atoms with Gasteiger partial charge in [-0.1, -0.05) is 31.2 Å². The number of anilines is 2. The lowest BCUT2D eigenvalue weighted by molar-refractivity contribution is -0.118. The number of nitrogens with one attached hydrogen (secondary N) is 2. The third kappa shape index (κ3) is 5.08. The van der Waals surface area contributed by atoms with Gasteiger partial charge in [0.05, 0.1) is 0 Å². The van der Waals surface area contributed by atoms with Crippen LogP contribution in [0.4, 0.5) is 11.4 Å². The zero-order chi connectivity index (χ0) is 18.4. The first-order valence-electron chi connectivity index (χ1n) is 8.30. The molecule has 2 aromatic rings. The Bertz CT molecular complexity index is 764. The standard InChI is InChI=1S/C20H24N2O3/c1-5-18(23)21-16-10-9-13(2)17(11-16)22-19(24)12-25-20-14(3)7-6-8-15(20)4/h6-11H,5,12H2,1-4H3,(H,21,23)(H,22,24). The minimum atomic E-state index is -0.246. The second-order valence-corrected chi connectivity index (χ2v) is 5.99.